The Bertz CT molecular complexity index is 728. The molecule has 0 aliphatic carbocycles. The van der Waals surface area contributed by atoms with Crippen LogP contribution in [0.3, 0.4) is 0 Å². The number of benzene rings is 1. The van der Waals surface area contributed by atoms with Crippen molar-refractivity contribution in [2.24, 2.45) is 7.05 Å². The highest BCUT2D eigenvalue weighted by atomic mass is 79.9. The molecule has 0 saturated heterocycles. The van der Waals surface area contributed by atoms with Crippen LogP contribution in [0.25, 0.3) is 16.9 Å². The first-order valence-corrected chi connectivity index (χ1v) is 6.53. The lowest BCUT2D eigenvalue weighted by molar-refractivity contribution is 0.768. The standard InChI is InChI=1S/C13H12BrN5/c1-18-7-9(6-16-18)13-11(15)8-19(17-13)12-5-3-2-4-10(12)14/h2-8H,15H2,1H3. The van der Waals surface area contributed by atoms with E-state index in [1.54, 1.807) is 15.6 Å². The predicted octanol–water partition coefficient (Wildman–Crippen LogP) is 2.62. The molecule has 3 rings (SSSR count). The molecular formula is C13H12BrN5. The molecule has 0 spiro atoms. The molecule has 0 aliphatic rings. The van der Waals surface area contributed by atoms with E-state index in [1.807, 2.05) is 43.7 Å². The van der Waals surface area contributed by atoms with E-state index in [0.717, 1.165) is 21.4 Å². The average molecular weight is 318 g/mol. The molecule has 6 heteroatoms. The maximum absolute atomic E-state index is 6.03. The first kappa shape index (κ1) is 12.0. The minimum atomic E-state index is 0.628. The number of nitrogens with two attached hydrogens (primary N) is 1. The number of rotatable bonds is 2. The molecule has 0 radical (unpaired) electrons. The SMILES string of the molecule is Cn1cc(-c2nn(-c3ccccc3Br)cc2N)cn1. The normalized spacial score (nSPS) is 10.8. The topological polar surface area (TPSA) is 61.7 Å². The molecule has 0 amide bonds. The molecule has 0 bridgehead atoms. The molecule has 5 nitrogen and oxygen atoms in total. The van der Waals surface area contributed by atoms with E-state index in [9.17, 15) is 0 Å². The summed E-state index contributed by atoms with van der Waals surface area (Å²) in [5.41, 5.74) is 9.26. The molecule has 1 aromatic carbocycles. The Morgan fingerprint density at radius 2 is 2.00 bits per heavy atom. The van der Waals surface area contributed by atoms with Gasteiger partial charge in [-0.05, 0) is 28.1 Å². The van der Waals surface area contributed by atoms with Crippen molar-refractivity contribution in [2.45, 2.75) is 0 Å². The van der Waals surface area contributed by atoms with Crippen LogP contribution in [0.1, 0.15) is 0 Å². The van der Waals surface area contributed by atoms with Crippen LogP contribution in [-0.2, 0) is 7.05 Å². The lowest BCUT2D eigenvalue weighted by Crippen LogP contribution is -1.95. The fraction of sp³-hybridized carbons (Fsp3) is 0.0769. The second kappa shape index (κ2) is 4.55. The fourth-order valence-corrected chi connectivity index (χ4v) is 2.38. The van der Waals surface area contributed by atoms with Crippen molar-refractivity contribution < 1.29 is 0 Å². The Balaban J connectivity index is 2.10. The molecular weight excluding hydrogens is 306 g/mol. The number of aryl methyl sites for hydroxylation is 1. The summed E-state index contributed by atoms with van der Waals surface area (Å²) >= 11 is 3.51. The molecule has 0 fully saturated rings. The first-order chi connectivity index (χ1) is 9.15. The van der Waals surface area contributed by atoms with Gasteiger partial charge in [-0.15, -0.1) is 0 Å². The Morgan fingerprint density at radius 3 is 2.68 bits per heavy atom. The number of hydrogen-bond donors (Lipinski definition) is 1. The fourth-order valence-electron chi connectivity index (χ4n) is 1.92. The maximum Gasteiger partial charge on any atom is 0.119 e. The Labute approximate surface area is 118 Å². The van der Waals surface area contributed by atoms with Crippen molar-refractivity contribution in [2.75, 3.05) is 5.73 Å². The number of hydrogen-bond acceptors (Lipinski definition) is 3. The monoisotopic (exact) mass is 317 g/mol. The van der Waals surface area contributed by atoms with E-state index in [-0.39, 0.29) is 0 Å². The van der Waals surface area contributed by atoms with Gasteiger partial charge in [0.1, 0.15) is 5.69 Å². The van der Waals surface area contributed by atoms with E-state index < -0.39 is 0 Å². The highest BCUT2D eigenvalue weighted by molar-refractivity contribution is 9.10. The van der Waals surface area contributed by atoms with Crippen LogP contribution in [-0.4, -0.2) is 19.6 Å². The quantitative estimate of drug-likeness (QED) is 0.790. The summed E-state index contributed by atoms with van der Waals surface area (Å²) in [6.07, 6.45) is 5.45. The molecule has 0 saturated carbocycles. The van der Waals surface area contributed by atoms with Gasteiger partial charge in [-0.25, -0.2) is 4.68 Å². The Morgan fingerprint density at radius 1 is 1.21 bits per heavy atom. The molecule has 3 aromatic rings. The molecule has 2 heterocycles. The molecule has 0 atom stereocenters. The second-order valence-electron chi connectivity index (χ2n) is 4.23. The number of halogens is 1. The van der Waals surface area contributed by atoms with Crippen molar-refractivity contribution in [3.63, 3.8) is 0 Å². The van der Waals surface area contributed by atoms with Gasteiger partial charge in [0, 0.05) is 23.3 Å². The van der Waals surface area contributed by atoms with E-state index >= 15 is 0 Å². The van der Waals surface area contributed by atoms with E-state index in [0.29, 0.717) is 5.69 Å². The third-order valence-corrected chi connectivity index (χ3v) is 3.49. The molecule has 2 N–H and O–H groups in total. The highest BCUT2D eigenvalue weighted by Crippen LogP contribution is 2.27. The lowest BCUT2D eigenvalue weighted by atomic mass is 10.2. The van der Waals surface area contributed by atoms with Crippen LogP contribution >= 0.6 is 15.9 Å². The van der Waals surface area contributed by atoms with Crippen LogP contribution in [0, 0.1) is 0 Å². The van der Waals surface area contributed by atoms with Crippen LogP contribution in [0.4, 0.5) is 5.69 Å². The van der Waals surface area contributed by atoms with Crippen LogP contribution in [0.15, 0.2) is 47.3 Å². The maximum atomic E-state index is 6.03. The van der Waals surface area contributed by atoms with Crippen molar-refractivity contribution in [3.8, 4) is 16.9 Å². The van der Waals surface area contributed by atoms with Gasteiger partial charge < -0.3 is 5.73 Å². The summed E-state index contributed by atoms with van der Waals surface area (Å²) in [5.74, 6) is 0. The van der Waals surface area contributed by atoms with Gasteiger partial charge in [0.25, 0.3) is 0 Å². The highest BCUT2D eigenvalue weighted by Gasteiger charge is 2.12. The molecule has 0 aliphatic heterocycles. The van der Waals surface area contributed by atoms with Crippen molar-refractivity contribution >= 4 is 21.6 Å². The summed E-state index contributed by atoms with van der Waals surface area (Å²) in [6, 6.07) is 7.87. The number of nitrogens with zero attached hydrogens (tertiary/aromatic N) is 4. The first-order valence-electron chi connectivity index (χ1n) is 5.74. The van der Waals surface area contributed by atoms with Gasteiger partial charge in [-0.3, -0.25) is 4.68 Å². The summed E-state index contributed by atoms with van der Waals surface area (Å²) < 4.78 is 4.46. The number of aromatic nitrogens is 4. The zero-order chi connectivity index (χ0) is 13.4. The Hall–Kier alpha value is -2.08. The lowest BCUT2D eigenvalue weighted by Gasteiger charge is -2.02. The summed E-state index contributed by atoms with van der Waals surface area (Å²) in [7, 11) is 1.87. The van der Waals surface area contributed by atoms with E-state index in [1.165, 1.54) is 0 Å². The van der Waals surface area contributed by atoms with Crippen LogP contribution < -0.4 is 5.73 Å². The third kappa shape index (κ3) is 2.15. The minimum absolute atomic E-state index is 0.628. The van der Waals surface area contributed by atoms with Crippen LogP contribution in [0.2, 0.25) is 0 Å². The number of nitrogen functional groups attached to an aromatic ring is 1. The second-order valence-corrected chi connectivity index (χ2v) is 5.09. The molecule has 96 valence electrons. The van der Waals surface area contributed by atoms with Gasteiger partial charge >= 0.3 is 0 Å². The van der Waals surface area contributed by atoms with Crippen molar-refractivity contribution in [3.05, 3.63) is 47.3 Å². The van der Waals surface area contributed by atoms with Gasteiger partial charge in [-0.1, -0.05) is 12.1 Å². The summed E-state index contributed by atoms with van der Waals surface area (Å²) in [4.78, 5) is 0. The largest absolute Gasteiger partial charge is 0.396 e. The van der Waals surface area contributed by atoms with E-state index in [4.69, 9.17) is 5.73 Å². The molecule has 0 unspecified atom stereocenters. The smallest absolute Gasteiger partial charge is 0.119 e. The number of anilines is 1. The van der Waals surface area contributed by atoms with Crippen molar-refractivity contribution in [1.29, 1.82) is 0 Å². The van der Waals surface area contributed by atoms with Gasteiger partial charge in [0.05, 0.1) is 23.8 Å². The number of para-hydroxylation sites is 1. The summed E-state index contributed by atoms with van der Waals surface area (Å²) in [6.45, 7) is 0. The Kier molecular flexibility index (Phi) is 2.87. The predicted molar refractivity (Wildman–Crippen MR) is 77.9 cm³/mol. The minimum Gasteiger partial charge on any atom is -0.396 e. The zero-order valence-corrected chi connectivity index (χ0v) is 11.9. The van der Waals surface area contributed by atoms with Crippen molar-refractivity contribution in [1.82, 2.24) is 19.6 Å². The zero-order valence-electron chi connectivity index (χ0n) is 10.3. The third-order valence-electron chi connectivity index (χ3n) is 2.82. The van der Waals surface area contributed by atoms with E-state index in [2.05, 4.69) is 26.1 Å². The average Bonchev–Trinajstić information content (AvgIpc) is 2.96. The van der Waals surface area contributed by atoms with Gasteiger partial charge in [0.2, 0.25) is 0 Å². The van der Waals surface area contributed by atoms with Gasteiger partial charge in [0.15, 0.2) is 0 Å². The molecule has 19 heavy (non-hydrogen) atoms. The van der Waals surface area contributed by atoms with Crippen LogP contribution in [0.5, 0.6) is 0 Å². The molecule has 2 aromatic heterocycles. The van der Waals surface area contributed by atoms with Gasteiger partial charge in [-0.2, -0.15) is 10.2 Å². The summed E-state index contributed by atoms with van der Waals surface area (Å²) in [5, 5.41) is 8.67.